The second-order valence-electron chi connectivity index (χ2n) is 7.64. The predicted octanol–water partition coefficient (Wildman–Crippen LogP) is 4.39. The molecule has 156 valence electrons. The number of anilines is 1. The quantitative estimate of drug-likeness (QED) is 0.356. The van der Waals surface area contributed by atoms with E-state index >= 15 is 0 Å². The van der Waals surface area contributed by atoms with E-state index in [-0.39, 0.29) is 6.04 Å². The fraction of sp³-hybridized carbons (Fsp3) is 0.261. The van der Waals surface area contributed by atoms with Crippen LogP contribution in [-0.4, -0.2) is 39.1 Å². The maximum absolute atomic E-state index is 6.68. The first-order valence-electron chi connectivity index (χ1n) is 10.2. The third-order valence-electron chi connectivity index (χ3n) is 5.53. The molecule has 1 aliphatic heterocycles. The average molecular weight is 449 g/mol. The molecule has 0 spiro atoms. The number of halogens is 1. The normalized spacial score (nSPS) is 16.3. The largest absolute Gasteiger partial charge is 0.354 e. The number of pyridine rings is 1. The van der Waals surface area contributed by atoms with Crippen molar-refractivity contribution in [3.8, 4) is 12.3 Å². The van der Waals surface area contributed by atoms with Gasteiger partial charge in [0.05, 0.1) is 15.9 Å². The Labute approximate surface area is 189 Å². The highest BCUT2D eigenvalue weighted by Gasteiger charge is 2.26. The zero-order chi connectivity index (χ0) is 21.5. The van der Waals surface area contributed by atoms with Crippen molar-refractivity contribution in [2.75, 3.05) is 18.0 Å². The Hall–Kier alpha value is -2.79. The van der Waals surface area contributed by atoms with Gasteiger partial charge in [0.15, 0.2) is 5.16 Å². The molecule has 1 atom stereocenters. The summed E-state index contributed by atoms with van der Waals surface area (Å²) in [6.45, 7) is 3.69. The third kappa shape index (κ3) is 3.72. The van der Waals surface area contributed by atoms with Crippen LogP contribution in [0.15, 0.2) is 40.5 Å². The van der Waals surface area contributed by atoms with Crippen molar-refractivity contribution in [2.45, 2.75) is 35.9 Å². The summed E-state index contributed by atoms with van der Waals surface area (Å²) in [5.74, 6) is 3.47. The molecule has 3 N–H and O–H groups in total. The molecule has 31 heavy (non-hydrogen) atoms. The third-order valence-corrected chi connectivity index (χ3v) is 6.80. The van der Waals surface area contributed by atoms with E-state index in [2.05, 4.69) is 27.7 Å². The number of aromatic nitrogens is 4. The van der Waals surface area contributed by atoms with E-state index in [1.54, 1.807) is 6.20 Å². The van der Waals surface area contributed by atoms with Crippen molar-refractivity contribution < 1.29 is 0 Å². The molecule has 0 radical (unpaired) electrons. The van der Waals surface area contributed by atoms with Gasteiger partial charge < -0.3 is 15.6 Å². The Morgan fingerprint density at radius 3 is 2.97 bits per heavy atom. The van der Waals surface area contributed by atoms with Crippen molar-refractivity contribution in [3.05, 3.63) is 46.7 Å². The molecule has 3 aromatic heterocycles. The van der Waals surface area contributed by atoms with Gasteiger partial charge in [0, 0.05) is 46.9 Å². The average Bonchev–Trinajstić information content (AvgIpc) is 3.35. The first kappa shape index (κ1) is 20.1. The Morgan fingerprint density at radius 1 is 1.35 bits per heavy atom. The van der Waals surface area contributed by atoms with Crippen LogP contribution < -0.4 is 10.6 Å². The minimum absolute atomic E-state index is 0.143. The van der Waals surface area contributed by atoms with Crippen molar-refractivity contribution >= 4 is 51.1 Å². The Balaban J connectivity index is 1.57. The summed E-state index contributed by atoms with van der Waals surface area (Å²) in [5.41, 5.74) is 9.54. The summed E-state index contributed by atoms with van der Waals surface area (Å²) in [6.07, 6.45) is 8.93. The highest BCUT2D eigenvalue weighted by Crippen LogP contribution is 2.37. The molecular weight excluding hydrogens is 428 g/mol. The van der Waals surface area contributed by atoms with Gasteiger partial charge in [0.1, 0.15) is 11.5 Å². The van der Waals surface area contributed by atoms with Crippen LogP contribution in [0, 0.1) is 12.3 Å². The summed E-state index contributed by atoms with van der Waals surface area (Å²) >= 11 is 8.18. The summed E-state index contributed by atoms with van der Waals surface area (Å²) in [7, 11) is 0. The van der Waals surface area contributed by atoms with E-state index in [0.717, 1.165) is 69.8 Å². The number of rotatable bonds is 4. The van der Waals surface area contributed by atoms with E-state index in [1.165, 1.54) is 11.8 Å². The second kappa shape index (κ2) is 8.04. The standard InChI is InChI=1S/C23H21ClN6S/c1-3-13-9-14-5-6-16(10-18(14)26-11-13)31-23-28-21-19(20(24)17(4-2)27-21)22(29-23)30-8-7-15(25)12-30/h1,5-6,9-11,15H,4,7-8,12,25H2,2H3,(H,27,28,29)/t15-/m0/s1. The van der Waals surface area contributed by atoms with Crippen LogP contribution in [0.1, 0.15) is 24.6 Å². The van der Waals surface area contributed by atoms with Gasteiger partial charge in [0.25, 0.3) is 0 Å². The molecule has 1 saturated heterocycles. The Morgan fingerprint density at radius 2 is 2.23 bits per heavy atom. The summed E-state index contributed by atoms with van der Waals surface area (Å²) in [5, 5.41) is 3.23. The molecule has 1 aromatic carbocycles. The maximum atomic E-state index is 6.68. The van der Waals surface area contributed by atoms with Crippen LogP contribution in [0.4, 0.5) is 5.82 Å². The van der Waals surface area contributed by atoms with Crippen molar-refractivity contribution in [1.82, 2.24) is 19.9 Å². The second-order valence-corrected chi connectivity index (χ2v) is 9.06. The minimum Gasteiger partial charge on any atom is -0.354 e. The summed E-state index contributed by atoms with van der Waals surface area (Å²) < 4.78 is 0. The van der Waals surface area contributed by atoms with Crippen molar-refractivity contribution in [1.29, 1.82) is 0 Å². The molecule has 5 rings (SSSR count). The van der Waals surface area contributed by atoms with Gasteiger partial charge in [0.2, 0.25) is 0 Å². The van der Waals surface area contributed by atoms with Gasteiger partial charge in [-0.15, -0.1) is 6.42 Å². The van der Waals surface area contributed by atoms with Crippen LogP contribution >= 0.6 is 23.4 Å². The number of aromatic amines is 1. The Bertz CT molecular complexity index is 1340. The zero-order valence-electron chi connectivity index (χ0n) is 17.0. The monoisotopic (exact) mass is 448 g/mol. The molecule has 1 fully saturated rings. The van der Waals surface area contributed by atoms with E-state index in [4.69, 9.17) is 33.7 Å². The topological polar surface area (TPSA) is 83.7 Å². The van der Waals surface area contributed by atoms with Crippen LogP contribution in [0.25, 0.3) is 21.9 Å². The van der Waals surface area contributed by atoms with E-state index in [0.29, 0.717) is 10.2 Å². The maximum Gasteiger partial charge on any atom is 0.196 e. The summed E-state index contributed by atoms with van der Waals surface area (Å²) in [4.78, 5) is 20.7. The molecule has 0 unspecified atom stereocenters. The molecule has 4 heterocycles. The zero-order valence-corrected chi connectivity index (χ0v) is 18.6. The molecule has 1 aliphatic rings. The minimum atomic E-state index is 0.143. The van der Waals surface area contributed by atoms with Crippen LogP contribution in [0.3, 0.4) is 0 Å². The number of hydrogen-bond donors (Lipinski definition) is 2. The fourth-order valence-corrected chi connectivity index (χ4v) is 5.06. The lowest BCUT2D eigenvalue weighted by molar-refractivity contribution is 0.751. The molecule has 0 bridgehead atoms. The number of H-pyrrole nitrogens is 1. The number of terminal acetylenes is 1. The number of benzene rings is 1. The molecule has 0 aliphatic carbocycles. The first-order chi connectivity index (χ1) is 15.1. The van der Waals surface area contributed by atoms with Crippen molar-refractivity contribution in [3.63, 3.8) is 0 Å². The number of nitrogens with one attached hydrogen (secondary N) is 1. The van der Waals surface area contributed by atoms with Gasteiger partial charge in [-0.2, -0.15) is 0 Å². The molecular formula is C23H21ClN6S. The number of fused-ring (bicyclic) bond motifs is 2. The Kier molecular flexibility index (Phi) is 5.22. The van der Waals surface area contributed by atoms with Crippen molar-refractivity contribution in [2.24, 2.45) is 5.73 Å². The molecule has 6 nitrogen and oxygen atoms in total. The van der Waals surface area contributed by atoms with E-state index < -0.39 is 0 Å². The van der Waals surface area contributed by atoms with Gasteiger partial charge in [-0.25, -0.2) is 9.97 Å². The number of nitrogens with zero attached hydrogens (tertiary/aromatic N) is 4. The van der Waals surface area contributed by atoms with Crippen LogP contribution in [-0.2, 0) is 6.42 Å². The number of hydrogen-bond acceptors (Lipinski definition) is 6. The lowest BCUT2D eigenvalue weighted by Gasteiger charge is -2.18. The van der Waals surface area contributed by atoms with Gasteiger partial charge in [-0.1, -0.05) is 30.5 Å². The molecule has 0 amide bonds. The predicted molar refractivity (Wildman–Crippen MR) is 127 cm³/mol. The lowest BCUT2D eigenvalue weighted by atomic mass is 10.2. The van der Waals surface area contributed by atoms with E-state index in [9.17, 15) is 0 Å². The SMILES string of the molecule is C#Cc1cnc2cc(Sc3nc(N4CC[C@H](N)C4)c4c(Cl)c(CC)[nH]c4n3)ccc2c1. The molecule has 0 saturated carbocycles. The van der Waals surface area contributed by atoms with Gasteiger partial charge in [-0.05, 0) is 42.8 Å². The van der Waals surface area contributed by atoms with Gasteiger partial charge in [-0.3, -0.25) is 4.98 Å². The smallest absolute Gasteiger partial charge is 0.196 e. The fourth-order valence-electron chi connectivity index (χ4n) is 3.92. The lowest BCUT2D eigenvalue weighted by Crippen LogP contribution is -2.27. The van der Waals surface area contributed by atoms with Gasteiger partial charge >= 0.3 is 0 Å². The molecule has 4 aromatic rings. The number of aryl methyl sites for hydroxylation is 1. The highest BCUT2D eigenvalue weighted by molar-refractivity contribution is 7.99. The van der Waals surface area contributed by atoms with E-state index in [1.807, 2.05) is 24.3 Å². The molecule has 8 heteroatoms. The summed E-state index contributed by atoms with van der Waals surface area (Å²) in [6, 6.07) is 8.18. The number of nitrogens with two attached hydrogens (primary N) is 1. The van der Waals surface area contributed by atoms with Crippen LogP contribution in [0.5, 0.6) is 0 Å². The first-order valence-corrected chi connectivity index (χ1v) is 11.4. The van der Waals surface area contributed by atoms with Crippen LogP contribution in [0.2, 0.25) is 5.02 Å². The highest BCUT2D eigenvalue weighted by atomic mass is 35.5.